The van der Waals surface area contributed by atoms with Gasteiger partial charge in [-0.05, 0) is 48.8 Å². The van der Waals surface area contributed by atoms with Gasteiger partial charge in [0.15, 0.2) is 0 Å². The summed E-state index contributed by atoms with van der Waals surface area (Å²) in [4.78, 5) is 0. The van der Waals surface area contributed by atoms with Crippen LogP contribution in [0.4, 0.5) is 0 Å². The number of rotatable bonds is 2. The first-order valence-corrected chi connectivity index (χ1v) is 6.36. The van der Waals surface area contributed by atoms with E-state index in [2.05, 4.69) is 42.4 Å². The van der Waals surface area contributed by atoms with E-state index in [4.69, 9.17) is 0 Å². The van der Waals surface area contributed by atoms with Crippen LogP contribution < -0.4 is 5.43 Å². The Labute approximate surface area is 124 Å². The first kappa shape index (κ1) is 16.7. The highest BCUT2D eigenvalue weighted by atomic mass is 79.9. The van der Waals surface area contributed by atoms with Crippen LogP contribution in [0.25, 0.3) is 0 Å². The molecule has 0 saturated heterocycles. The second kappa shape index (κ2) is 6.61. The molecule has 3 nitrogen and oxygen atoms in total. The molecule has 0 unspecified atom stereocenters. The fourth-order valence-electron chi connectivity index (χ4n) is 0.980. The number of hydrogen-bond acceptors (Lipinski definition) is 3. The Morgan fingerprint density at radius 3 is 2.41 bits per heavy atom. The lowest BCUT2D eigenvalue weighted by Gasteiger charge is -2.17. The predicted molar refractivity (Wildman–Crippen MR) is 81.2 cm³/mol. The van der Waals surface area contributed by atoms with Crippen molar-refractivity contribution in [1.29, 1.82) is 0 Å². The minimum Gasteiger partial charge on any atom is -0.506 e. The van der Waals surface area contributed by atoms with Crippen molar-refractivity contribution < 1.29 is 5.11 Å². The molecule has 6 heteroatoms. The van der Waals surface area contributed by atoms with E-state index < -0.39 is 0 Å². The van der Waals surface area contributed by atoms with E-state index >= 15 is 0 Å². The number of nitrogens with zero attached hydrogens (tertiary/aromatic N) is 1. The van der Waals surface area contributed by atoms with Crippen LogP contribution in [0.3, 0.4) is 0 Å². The molecule has 0 amide bonds. The third-order valence-electron chi connectivity index (χ3n) is 1.66. The number of aromatic hydroxyl groups is 1. The van der Waals surface area contributed by atoms with Crippen molar-refractivity contribution in [2.75, 3.05) is 0 Å². The molecule has 1 aromatic carbocycles. The summed E-state index contributed by atoms with van der Waals surface area (Å²) in [7, 11) is 0. The Hall–Kier alpha value is -0.260. The lowest BCUT2D eigenvalue weighted by Crippen LogP contribution is -2.31. The molecule has 0 spiro atoms. The summed E-state index contributed by atoms with van der Waals surface area (Å²) in [5, 5.41) is 13.8. The molecule has 96 valence electrons. The normalized spacial score (nSPS) is 11.4. The van der Waals surface area contributed by atoms with Crippen LogP contribution in [0.15, 0.2) is 26.2 Å². The van der Waals surface area contributed by atoms with Crippen LogP contribution in [0.1, 0.15) is 26.3 Å². The van der Waals surface area contributed by atoms with Gasteiger partial charge in [0.25, 0.3) is 0 Å². The molecule has 1 aromatic rings. The number of phenolic OH excluding ortho intramolecular Hbond substituents is 1. The fraction of sp³-hybridized carbons (Fsp3) is 0.364. The van der Waals surface area contributed by atoms with Crippen molar-refractivity contribution in [2.24, 2.45) is 5.10 Å². The number of benzene rings is 1. The van der Waals surface area contributed by atoms with Gasteiger partial charge in [-0.2, -0.15) is 5.10 Å². The van der Waals surface area contributed by atoms with E-state index in [1.54, 1.807) is 18.3 Å². The smallest absolute Gasteiger partial charge is 0.138 e. The third-order valence-corrected chi connectivity index (χ3v) is 2.72. The first-order valence-electron chi connectivity index (χ1n) is 4.78. The van der Waals surface area contributed by atoms with Gasteiger partial charge < -0.3 is 10.5 Å². The Bertz CT molecular complexity index is 417. The summed E-state index contributed by atoms with van der Waals surface area (Å²) in [6.45, 7) is 6.04. The van der Waals surface area contributed by atoms with Crippen LogP contribution >= 0.6 is 44.3 Å². The van der Waals surface area contributed by atoms with Crippen LogP contribution in [0.2, 0.25) is 0 Å². The van der Waals surface area contributed by atoms with Gasteiger partial charge in [-0.1, -0.05) is 15.9 Å². The minimum atomic E-state index is -0.0879. The molecular weight excluding hydrogens is 371 g/mol. The van der Waals surface area contributed by atoms with E-state index in [0.717, 1.165) is 4.47 Å². The number of phenols is 1. The molecule has 2 N–H and O–H groups in total. The largest absolute Gasteiger partial charge is 0.506 e. The molecule has 0 bridgehead atoms. The van der Waals surface area contributed by atoms with Crippen molar-refractivity contribution in [1.82, 2.24) is 5.43 Å². The average molecular weight is 387 g/mol. The molecule has 0 aromatic heterocycles. The zero-order valence-electron chi connectivity index (χ0n) is 9.79. The summed E-state index contributed by atoms with van der Waals surface area (Å²) >= 11 is 6.62. The van der Waals surface area contributed by atoms with Gasteiger partial charge >= 0.3 is 0 Å². The Kier molecular flexibility index (Phi) is 6.51. The van der Waals surface area contributed by atoms with E-state index in [0.29, 0.717) is 10.0 Å². The third kappa shape index (κ3) is 5.75. The summed E-state index contributed by atoms with van der Waals surface area (Å²) in [6.07, 6.45) is 1.59. The topological polar surface area (TPSA) is 44.6 Å². The molecule has 17 heavy (non-hydrogen) atoms. The number of hydrogen-bond donors (Lipinski definition) is 2. The van der Waals surface area contributed by atoms with Crippen LogP contribution in [0, 0.1) is 0 Å². The fourth-order valence-corrected chi connectivity index (χ4v) is 2.24. The van der Waals surface area contributed by atoms with Crippen molar-refractivity contribution in [3.05, 3.63) is 26.6 Å². The zero-order chi connectivity index (χ0) is 12.3. The second-order valence-electron chi connectivity index (χ2n) is 4.45. The average Bonchev–Trinajstić information content (AvgIpc) is 2.11. The van der Waals surface area contributed by atoms with E-state index in [1.165, 1.54) is 0 Å². The number of nitrogens with one attached hydrogen (secondary N) is 1. The van der Waals surface area contributed by atoms with Gasteiger partial charge in [0.1, 0.15) is 5.75 Å². The summed E-state index contributed by atoms with van der Waals surface area (Å²) in [6, 6.07) is 3.58. The quantitative estimate of drug-likeness (QED) is 0.595. The van der Waals surface area contributed by atoms with E-state index in [9.17, 15) is 5.11 Å². The van der Waals surface area contributed by atoms with Crippen molar-refractivity contribution in [3.63, 3.8) is 0 Å². The molecule has 0 radical (unpaired) electrons. The maximum Gasteiger partial charge on any atom is 0.138 e. The number of halogens is 3. The van der Waals surface area contributed by atoms with Gasteiger partial charge in [0.2, 0.25) is 0 Å². The maximum atomic E-state index is 9.76. The number of hydrazone groups is 1. The van der Waals surface area contributed by atoms with Crippen molar-refractivity contribution in [3.8, 4) is 5.75 Å². The highest BCUT2D eigenvalue weighted by Crippen LogP contribution is 2.30. The molecule has 0 fully saturated rings. The Morgan fingerprint density at radius 1 is 1.29 bits per heavy atom. The predicted octanol–water partition coefficient (Wildman–Crippen LogP) is 4.06. The van der Waals surface area contributed by atoms with Gasteiger partial charge in [0.05, 0.1) is 10.7 Å². The lowest BCUT2D eigenvalue weighted by atomic mass is 10.1. The van der Waals surface area contributed by atoms with Crippen LogP contribution in [-0.4, -0.2) is 16.9 Å². The summed E-state index contributed by atoms with van der Waals surface area (Å²) in [5.74, 6) is 0.183. The highest BCUT2D eigenvalue weighted by Gasteiger charge is 2.08. The molecule has 1 rings (SSSR count). The van der Waals surface area contributed by atoms with Crippen molar-refractivity contribution >= 4 is 50.5 Å². The van der Waals surface area contributed by atoms with Gasteiger partial charge in [-0.25, -0.2) is 0 Å². The zero-order valence-corrected chi connectivity index (χ0v) is 13.8. The minimum absolute atomic E-state index is 0. The molecule has 0 aliphatic carbocycles. The first-order chi connectivity index (χ1) is 7.29. The molecule has 0 saturated carbocycles. The molecule has 0 aliphatic rings. The van der Waals surface area contributed by atoms with Gasteiger partial charge in [-0.15, -0.1) is 12.4 Å². The SMILES string of the molecule is CC(C)(C)NN=Cc1cc(Br)cc(Br)c1O.Cl. The summed E-state index contributed by atoms with van der Waals surface area (Å²) in [5.41, 5.74) is 3.53. The van der Waals surface area contributed by atoms with Gasteiger partial charge in [0, 0.05) is 15.6 Å². The Balaban J connectivity index is 0.00000256. The van der Waals surface area contributed by atoms with Gasteiger partial charge in [-0.3, -0.25) is 0 Å². The molecule has 0 atom stereocenters. The monoisotopic (exact) mass is 384 g/mol. The van der Waals surface area contributed by atoms with E-state index in [1.807, 2.05) is 20.8 Å². The molecule has 0 aliphatic heterocycles. The Morgan fingerprint density at radius 2 is 1.88 bits per heavy atom. The molecular formula is C11H15Br2ClN2O. The van der Waals surface area contributed by atoms with Crippen molar-refractivity contribution in [2.45, 2.75) is 26.3 Å². The lowest BCUT2D eigenvalue weighted by molar-refractivity contribution is 0.441. The second-order valence-corrected chi connectivity index (χ2v) is 6.22. The maximum absolute atomic E-state index is 9.76. The molecule has 0 heterocycles. The highest BCUT2D eigenvalue weighted by molar-refractivity contribution is 9.11. The van der Waals surface area contributed by atoms with Crippen LogP contribution in [0.5, 0.6) is 5.75 Å². The summed E-state index contributed by atoms with van der Waals surface area (Å²) < 4.78 is 1.52. The van der Waals surface area contributed by atoms with E-state index in [-0.39, 0.29) is 23.7 Å². The standard InChI is InChI=1S/C11H14Br2N2O.ClH/c1-11(2,3)15-14-6-7-4-8(12)5-9(13)10(7)16;/h4-6,15-16H,1-3H3;1H. The van der Waals surface area contributed by atoms with Crippen LogP contribution in [-0.2, 0) is 0 Å².